The fraction of sp³-hybridized carbons (Fsp3) is 0.462. The molecule has 0 aliphatic carbocycles. The number of carbonyl (C=O) groups is 1. The highest BCUT2D eigenvalue weighted by Gasteiger charge is 2.30. The summed E-state index contributed by atoms with van der Waals surface area (Å²) in [6.45, 7) is 1.30. The summed E-state index contributed by atoms with van der Waals surface area (Å²) >= 11 is 5.82. The summed E-state index contributed by atoms with van der Waals surface area (Å²) in [5.74, 6) is -0.225. The Morgan fingerprint density at radius 3 is 2.83 bits per heavy atom. The summed E-state index contributed by atoms with van der Waals surface area (Å²) in [5, 5.41) is 13.5. The Morgan fingerprint density at radius 2 is 2.17 bits per heavy atom. The van der Waals surface area contributed by atoms with Crippen molar-refractivity contribution in [2.45, 2.75) is 18.4 Å². The summed E-state index contributed by atoms with van der Waals surface area (Å²) in [7, 11) is 0. The molecular weight excluding hydrogens is 254 g/mol. The lowest BCUT2D eigenvalue weighted by atomic mass is 9.94. The summed E-state index contributed by atoms with van der Waals surface area (Å²) < 4.78 is 5.18. The second-order valence-electron chi connectivity index (χ2n) is 4.53. The number of rotatable bonds is 3. The summed E-state index contributed by atoms with van der Waals surface area (Å²) in [6.07, 6.45) is 1.09. The zero-order valence-corrected chi connectivity index (χ0v) is 10.7. The van der Waals surface area contributed by atoms with E-state index in [9.17, 15) is 9.90 Å². The van der Waals surface area contributed by atoms with Gasteiger partial charge in [-0.2, -0.15) is 0 Å². The Morgan fingerprint density at radius 1 is 1.44 bits per heavy atom. The maximum atomic E-state index is 11.9. The number of ether oxygens (including phenoxy) is 1. The van der Waals surface area contributed by atoms with Crippen LogP contribution in [0, 0.1) is 0 Å². The Labute approximate surface area is 111 Å². The fourth-order valence-electron chi connectivity index (χ4n) is 1.90. The van der Waals surface area contributed by atoms with Crippen molar-refractivity contribution >= 4 is 17.5 Å². The number of nitrogens with one attached hydrogen (secondary N) is 1. The van der Waals surface area contributed by atoms with Gasteiger partial charge < -0.3 is 15.2 Å². The lowest BCUT2D eigenvalue weighted by Gasteiger charge is -2.32. The van der Waals surface area contributed by atoms with E-state index in [1.165, 1.54) is 0 Å². The lowest BCUT2D eigenvalue weighted by Crippen LogP contribution is -2.46. The molecule has 4 nitrogen and oxygen atoms in total. The maximum absolute atomic E-state index is 11.9. The molecule has 0 spiro atoms. The first kappa shape index (κ1) is 13.3. The van der Waals surface area contributed by atoms with Crippen molar-refractivity contribution in [1.82, 2.24) is 5.32 Å². The van der Waals surface area contributed by atoms with Crippen LogP contribution < -0.4 is 5.32 Å². The fourth-order valence-corrected chi connectivity index (χ4v) is 2.10. The van der Waals surface area contributed by atoms with Gasteiger partial charge in [-0.3, -0.25) is 4.79 Å². The number of aliphatic hydroxyl groups is 1. The van der Waals surface area contributed by atoms with Crippen LogP contribution in [0.3, 0.4) is 0 Å². The molecule has 0 bridgehead atoms. The van der Waals surface area contributed by atoms with Crippen molar-refractivity contribution < 1.29 is 14.6 Å². The summed E-state index contributed by atoms with van der Waals surface area (Å²) in [5.41, 5.74) is -0.356. The highest BCUT2D eigenvalue weighted by Crippen LogP contribution is 2.19. The molecular formula is C13H16ClNO3. The van der Waals surface area contributed by atoms with Crippen LogP contribution in [-0.2, 0) is 4.74 Å². The van der Waals surface area contributed by atoms with Crippen LogP contribution in [0.5, 0.6) is 0 Å². The standard InChI is InChI=1S/C13H16ClNO3/c14-11-3-1-2-10(8-11)12(16)15-9-13(17)4-6-18-7-5-13/h1-3,8,17H,4-7,9H2,(H,15,16). The second kappa shape index (κ2) is 5.69. The van der Waals surface area contributed by atoms with Gasteiger partial charge in [-0.1, -0.05) is 17.7 Å². The predicted octanol–water partition coefficient (Wildman–Crippen LogP) is 1.61. The van der Waals surface area contributed by atoms with Crippen molar-refractivity contribution in [1.29, 1.82) is 0 Å². The van der Waals surface area contributed by atoms with E-state index in [2.05, 4.69) is 5.32 Å². The van der Waals surface area contributed by atoms with E-state index in [1.807, 2.05) is 0 Å². The minimum Gasteiger partial charge on any atom is -0.388 e. The summed E-state index contributed by atoms with van der Waals surface area (Å²) in [4.78, 5) is 11.9. The van der Waals surface area contributed by atoms with Crippen LogP contribution in [-0.4, -0.2) is 36.4 Å². The zero-order chi connectivity index (χ0) is 13.0. The van der Waals surface area contributed by atoms with Gasteiger partial charge in [0, 0.05) is 43.2 Å². The van der Waals surface area contributed by atoms with Crippen molar-refractivity contribution in [3.63, 3.8) is 0 Å². The quantitative estimate of drug-likeness (QED) is 0.877. The van der Waals surface area contributed by atoms with Gasteiger partial charge in [0.25, 0.3) is 5.91 Å². The molecule has 1 amide bonds. The molecule has 2 rings (SSSR count). The molecule has 1 aliphatic heterocycles. The zero-order valence-electron chi connectivity index (χ0n) is 9.99. The van der Waals surface area contributed by atoms with Gasteiger partial charge in [0.15, 0.2) is 0 Å². The first-order chi connectivity index (χ1) is 8.59. The lowest BCUT2D eigenvalue weighted by molar-refractivity contribution is -0.0605. The SMILES string of the molecule is O=C(NCC1(O)CCOCC1)c1cccc(Cl)c1. The van der Waals surface area contributed by atoms with E-state index in [0.717, 1.165) is 0 Å². The number of carbonyl (C=O) groups excluding carboxylic acids is 1. The molecule has 2 N–H and O–H groups in total. The van der Waals surface area contributed by atoms with Gasteiger partial charge >= 0.3 is 0 Å². The monoisotopic (exact) mass is 269 g/mol. The van der Waals surface area contributed by atoms with E-state index in [4.69, 9.17) is 16.3 Å². The molecule has 1 aromatic rings. The molecule has 0 aromatic heterocycles. The molecule has 0 unspecified atom stereocenters. The van der Waals surface area contributed by atoms with Gasteiger partial charge in [0.2, 0.25) is 0 Å². The second-order valence-corrected chi connectivity index (χ2v) is 4.97. The van der Waals surface area contributed by atoms with Crippen LogP contribution in [0.1, 0.15) is 23.2 Å². The third kappa shape index (κ3) is 3.45. The molecule has 1 aromatic carbocycles. The average molecular weight is 270 g/mol. The average Bonchev–Trinajstić information content (AvgIpc) is 2.37. The van der Waals surface area contributed by atoms with Crippen LogP contribution in [0.2, 0.25) is 5.02 Å². The Bertz CT molecular complexity index is 430. The number of benzene rings is 1. The maximum Gasteiger partial charge on any atom is 0.251 e. The van der Waals surface area contributed by atoms with E-state index < -0.39 is 5.60 Å². The molecule has 0 atom stereocenters. The Hall–Kier alpha value is -1.10. The third-order valence-corrected chi connectivity index (χ3v) is 3.32. The smallest absolute Gasteiger partial charge is 0.251 e. The van der Waals surface area contributed by atoms with E-state index in [1.54, 1.807) is 24.3 Å². The van der Waals surface area contributed by atoms with E-state index >= 15 is 0 Å². The topological polar surface area (TPSA) is 58.6 Å². The number of halogens is 1. The normalized spacial score (nSPS) is 18.3. The van der Waals surface area contributed by atoms with Gasteiger partial charge in [0.1, 0.15) is 0 Å². The van der Waals surface area contributed by atoms with Crippen LogP contribution in [0.4, 0.5) is 0 Å². The molecule has 98 valence electrons. The number of hydrogen-bond acceptors (Lipinski definition) is 3. The molecule has 0 saturated carbocycles. The van der Waals surface area contributed by atoms with Gasteiger partial charge in [-0.05, 0) is 18.2 Å². The first-order valence-corrected chi connectivity index (χ1v) is 6.31. The third-order valence-electron chi connectivity index (χ3n) is 3.09. The van der Waals surface area contributed by atoms with E-state index in [0.29, 0.717) is 36.6 Å². The molecule has 0 radical (unpaired) electrons. The number of amides is 1. The van der Waals surface area contributed by atoms with Crippen LogP contribution >= 0.6 is 11.6 Å². The first-order valence-electron chi connectivity index (χ1n) is 5.93. The van der Waals surface area contributed by atoms with E-state index in [-0.39, 0.29) is 12.5 Å². The Balaban J connectivity index is 1.92. The van der Waals surface area contributed by atoms with Crippen molar-refractivity contribution in [2.75, 3.05) is 19.8 Å². The molecule has 5 heteroatoms. The van der Waals surface area contributed by atoms with Crippen LogP contribution in [0.25, 0.3) is 0 Å². The van der Waals surface area contributed by atoms with Crippen molar-refractivity contribution in [3.8, 4) is 0 Å². The van der Waals surface area contributed by atoms with Crippen LogP contribution in [0.15, 0.2) is 24.3 Å². The summed E-state index contributed by atoms with van der Waals surface area (Å²) in [6, 6.07) is 6.73. The van der Waals surface area contributed by atoms with Crippen molar-refractivity contribution in [2.24, 2.45) is 0 Å². The molecule has 18 heavy (non-hydrogen) atoms. The molecule has 1 saturated heterocycles. The highest BCUT2D eigenvalue weighted by atomic mass is 35.5. The largest absolute Gasteiger partial charge is 0.388 e. The molecule has 1 fully saturated rings. The highest BCUT2D eigenvalue weighted by molar-refractivity contribution is 6.30. The molecule has 1 heterocycles. The minimum atomic E-state index is -0.855. The predicted molar refractivity (Wildman–Crippen MR) is 68.8 cm³/mol. The van der Waals surface area contributed by atoms with Crippen molar-refractivity contribution in [3.05, 3.63) is 34.9 Å². The minimum absolute atomic E-state index is 0.225. The van der Waals surface area contributed by atoms with Gasteiger partial charge in [-0.15, -0.1) is 0 Å². The molecule has 1 aliphatic rings. The van der Waals surface area contributed by atoms with Gasteiger partial charge in [-0.25, -0.2) is 0 Å². The Kier molecular flexibility index (Phi) is 4.22. The van der Waals surface area contributed by atoms with Gasteiger partial charge in [0.05, 0.1) is 5.60 Å². The number of hydrogen-bond donors (Lipinski definition) is 2.